The van der Waals surface area contributed by atoms with Crippen molar-refractivity contribution in [2.45, 2.75) is 42.9 Å². The first kappa shape index (κ1) is 15.0. The van der Waals surface area contributed by atoms with Crippen molar-refractivity contribution in [1.82, 2.24) is 20.1 Å². The van der Waals surface area contributed by atoms with Gasteiger partial charge in [0.2, 0.25) is 0 Å². The topological polar surface area (TPSA) is 42.7 Å². The predicted molar refractivity (Wildman–Crippen MR) is 78.1 cm³/mol. The van der Waals surface area contributed by atoms with E-state index in [4.69, 9.17) is 0 Å². The van der Waals surface area contributed by atoms with Crippen LogP contribution in [0.1, 0.15) is 26.3 Å². The lowest BCUT2D eigenvalue weighted by Crippen LogP contribution is -2.35. The third kappa shape index (κ3) is 3.80. The van der Waals surface area contributed by atoms with Gasteiger partial charge in [0.25, 0.3) is 0 Å². The highest BCUT2D eigenvalue weighted by molar-refractivity contribution is 7.99. The molecular formula is C14H19FN4S. The van der Waals surface area contributed by atoms with Crippen molar-refractivity contribution in [2.75, 3.05) is 0 Å². The average Bonchev–Trinajstić information content (AvgIpc) is 2.73. The molecule has 0 aliphatic rings. The molecule has 0 bridgehead atoms. The van der Waals surface area contributed by atoms with Crippen molar-refractivity contribution in [3.05, 3.63) is 35.9 Å². The first-order chi connectivity index (χ1) is 9.37. The summed E-state index contributed by atoms with van der Waals surface area (Å²) in [5.41, 5.74) is 0.602. The van der Waals surface area contributed by atoms with E-state index in [0.29, 0.717) is 12.1 Å². The molecule has 0 saturated carbocycles. The molecule has 0 amide bonds. The maximum atomic E-state index is 14.1. The van der Waals surface area contributed by atoms with Gasteiger partial charge in [-0.15, -0.1) is 10.2 Å². The van der Waals surface area contributed by atoms with E-state index in [1.807, 2.05) is 17.7 Å². The van der Waals surface area contributed by atoms with Crippen molar-refractivity contribution < 1.29 is 4.39 Å². The highest BCUT2D eigenvalue weighted by Crippen LogP contribution is 2.30. The van der Waals surface area contributed by atoms with Crippen LogP contribution < -0.4 is 5.32 Å². The number of nitrogens with zero attached hydrogens (tertiary/aromatic N) is 3. The third-order valence-corrected chi connectivity index (χ3v) is 3.90. The molecule has 0 spiro atoms. The van der Waals surface area contributed by atoms with Gasteiger partial charge >= 0.3 is 0 Å². The fourth-order valence-electron chi connectivity index (χ4n) is 1.62. The molecular weight excluding hydrogens is 275 g/mol. The maximum absolute atomic E-state index is 14.1. The number of rotatable bonds is 4. The molecule has 0 fully saturated rings. The molecule has 0 atom stereocenters. The van der Waals surface area contributed by atoms with E-state index in [0.717, 1.165) is 10.1 Å². The van der Waals surface area contributed by atoms with Gasteiger partial charge in [0, 0.05) is 29.6 Å². The predicted octanol–water partition coefficient (Wildman–Crippen LogP) is 2.99. The Bertz CT molecular complexity index is 589. The minimum absolute atomic E-state index is 0.0605. The van der Waals surface area contributed by atoms with Crippen LogP contribution in [0.4, 0.5) is 4.39 Å². The lowest BCUT2D eigenvalue weighted by atomic mass is 10.1. The second kappa shape index (κ2) is 5.93. The molecule has 0 aliphatic heterocycles. The van der Waals surface area contributed by atoms with E-state index in [2.05, 4.69) is 36.3 Å². The lowest BCUT2D eigenvalue weighted by Gasteiger charge is -2.21. The van der Waals surface area contributed by atoms with Crippen molar-refractivity contribution in [3.8, 4) is 0 Å². The fraction of sp³-hybridized carbons (Fsp3) is 0.429. The Hall–Kier alpha value is -1.40. The second-order valence-corrected chi connectivity index (χ2v) is 6.66. The van der Waals surface area contributed by atoms with Crippen LogP contribution in [0, 0.1) is 5.82 Å². The Morgan fingerprint density at radius 3 is 2.70 bits per heavy atom. The summed E-state index contributed by atoms with van der Waals surface area (Å²) in [4.78, 5) is 0.859. The summed E-state index contributed by atoms with van der Waals surface area (Å²) in [7, 11) is 1.87. The summed E-state index contributed by atoms with van der Waals surface area (Å²) in [6.07, 6.45) is 1.63. The number of aromatic nitrogens is 3. The van der Waals surface area contributed by atoms with Gasteiger partial charge in [-0.25, -0.2) is 4.39 Å². The molecule has 1 aromatic carbocycles. The Labute approximate surface area is 122 Å². The monoisotopic (exact) mass is 294 g/mol. The molecule has 1 N–H and O–H groups in total. The molecule has 108 valence electrons. The van der Waals surface area contributed by atoms with E-state index in [1.165, 1.54) is 17.8 Å². The molecule has 1 heterocycles. The first-order valence-electron chi connectivity index (χ1n) is 6.41. The van der Waals surface area contributed by atoms with Crippen LogP contribution in [0.25, 0.3) is 0 Å². The van der Waals surface area contributed by atoms with Crippen LogP contribution in [0.2, 0.25) is 0 Å². The van der Waals surface area contributed by atoms with Gasteiger partial charge in [-0.1, -0.05) is 6.07 Å². The van der Waals surface area contributed by atoms with Crippen LogP contribution in [-0.4, -0.2) is 20.3 Å². The average molecular weight is 294 g/mol. The van der Waals surface area contributed by atoms with E-state index < -0.39 is 0 Å². The zero-order valence-corrected chi connectivity index (χ0v) is 13.0. The minimum Gasteiger partial charge on any atom is -0.311 e. The molecule has 6 heteroatoms. The van der Waals surface area contributed by atoms with Gasteiger partial charge in [-0.3, -0.25) is 0 Å². The summed E-state index contributed by atoms with van der Waals surface area (Å²) in [6.45, 7) is 6.66. The largest absolute Gasteiger partial charge is 0.311 e. The van der Waals surface area contributed by atoms with Crippen LogP contribution >= 0.6 is 11.8 Å². The lowest BCUT2D eigenvalue weighted by molar-refractivity contribution is 0.416. The zero-order valence-electron chi connectivity index (χ0n) is 12.1. The summed E-state index contributed by atoms with van der Waals surface area (Å²) in [6, 6.07) is 5.11. The van der Waals surface area contributed by atoms with Crippen molar-refractivity contribution >= 4 is 11.8 Å². The number of benzene rings is 1. The van der Waals surface area contributed by atoms with Gasteiger partial charge in [0.15, 0.2) is 5.16 Å². The van der Waals surface area contributed by atoms with Crippen molar-refractivity contribution in [1.29, 1.82) is 0 Å². The SMILES string of the molecule is Cn1cnnc1Sc1cccc(F)c1CNC(C)(C)C. The quantitative estimate of drug-likeness (QED) is 0.941. The molecule has 20 heavy (non-hydrogen) atoms. The minimum atomic E-state index is -0.200. The fourth-order valence-corrected chi connectivity index (χ4v) is 2.54. The van der Waals surface area contributed by atoms with E-state index >= 15 is 0 Å². The smallest absolute Gasteiger partial charge is 0.195 e. The summed E-state index contributed by atoms with van der Waals surface area (Å²) < 4.78 is 15.9. The number of nitrogens with one attached hydrogen (secondary N) is 1. The molecule has 2 rings (SSSR count). The highest BCUT2D eigenvalue weighted by Gasteiger charge is 2.15. The van der Waals surface area contributed by atoms with Gasteiger partial charge in [-0.2, -0.15) is 0 Å². The van der Waals surface area contributed by atoms with Crippen LogP contribution in [0.15, 0.2) is 34.6 Å². The molecule has 4 nitrogen and oxygen atoms in total. The van der Waals surface area contributed by atoms with Crippen LogP contribution in [-0.2, 0) is 13.6 Å². The zero-order chi connectivity index (χ0) is 14.8. The molecule has 0 radical (unpaired) electrons. The summed E-state index contributed by atoms with van der Waals surface area (Å²) in [5, 5.41) is 11.9. The Balaban J connectivity index is 2.24. The van der Waals surface area contributed by atoms with Gasteiger partial charge < -0.3 is 9.88 Å². The number of hydrogen-bond acceptors (Lipinski definition) is 4. The maximum Gasteiger partial charge on any atom is 0.195 e. The molecule has 0 unspecified atom stereocenters. The Morgan fingerprint density at radius 1 is 1.35 bits per heavy atom. The summed E-state index contributed by atoms with van der Waals surface area (Å²) in [5.74, 6) is -0.200. The summed E-state index contributed by atoms with van der Waals surface area (Å²) >= 11 is 1.42. The van der Waals surface area contributed by atoms with Gasteiger partial charge in [0.05, 0.1) is 0 Å². The van der Waals surface area contributed by atoms with E-state index in [1.54, 1.807) is 12.4 Å². The first-order valence-corrected chi connectivity index (χ1v) is 7.23. The molecule has 0 saturated heterocycles. The van der Waals surface area contributed by atoms with E-state index in [9.17, 15) is 4.39 Å². The van der Waals surface area contributed by atoms with Gasteiger partial charge in [-0.05, 0) is 44.7 Å². The number of hydrogen-bond donors (Lipinski definition) is 1. The highest BCUT2D eigenvalue weighted by atomic mass is 32.2. The molecule has 0 aliphatic carbocycles. The second-order valence-electron chi connectivity index (χ2n) is 5.65. The molecule has 2 aromatic rings. The van der Waals surface area contributed by atoms with Crippen molar-refractivity contribution in [2.24, 2.45) is 7.05 Å². The van der Waals surface area contributed by atoms with Gasteiger partial charge in [0.1, 0.15) is 12.1 Å². The van der Waals surface area contributed by atoms with Crippen LogP contribution in [0.3, 0.4) is 0 Å². The molecule has 1 aromatic heterocycles. The standard InChI is InChI=1S/C14H19FN4S/c1-14(2,3)16-8-10-11(15)6-5-7-12(10)20-13-18-17-9-19(13)4/h5-7,9,16H,8H2,1-4H3. The number of aryl methyl sites for hydroxylation is 1. The number of halogens is 1. The van der Waals surface area contributed by atoms with Crippen LogP contribution in [0.5, 0.6) is 0 Å². The Morgan fingerprint density at radius 2 is 2.10 bits per heavy atom. The van der Waals surface area contributed by atoms with E-state index in [-0.39, 0.29) is 11.4 Å². The normalized spacial score (nSPS) is 11.8. The van der Waals surface area contributed by atoms with Crippen molar-refractivity contribution in [3.63, 3.8) is 0 Å². The Kier molecular flexibility index (Phi) is 4.45. The third-order valence-electron chi connectivity index (χ3n) is 2.74.